The van der Waals surface area contributed by atoms with E-state index in [0.29, 0.717) is 0 Å². The van der Waals surface area contributed by atoms with Gasteiger partial charge in [-0.25, -0.2) is 0 Å². The largest absolute Gasteiger partial charge is 0.469 e. The average molecular weight is 228 g/mol. The number of nitrogens with zero attached hydrogens (tertiary/aromatic N) is 1. The molecule has 1 unspecified atom stereocenters. The molecule has 2 atom stereocenters. The standard InChI is InChI=1S/C13H12N2O2/c1-8(12-13(16)15-7-17-12)10-6-14-11-5-3-2-4-9(10)11/h2-8,12,14H,1H3/t8-,12?/m1/s1. The summed E-state index contributed by atoms with van der Waals surface area (Å²) < 4.78 is 5.24. The first-order chi connectivity index (χ1) is 8.27. The number of aromatic amines is 1. The number of carbonyl (C=O) groups is 1. The first-order valence-electron chi connectivity index (χ1n) is 5.55. The van der Waals surface area contributed by atoms with Crippen molar-refractivity contribution in [3.63, 3.8) is 0 Å². The zero-order chi connectivity index (χ0) is 11.8. The molecule has 0 radical (unpaired) electrons. The molecule has 17 heavy (non-hydrogen) atoms. The summed E-state index contributed by atoms with van der Waals surface area (Å²) in [6, 6.07) is 8.02. The Kier molecular flexibility index (Phi) is 2.21. The lowest BCUT2D eigenvalue weighted by molar-refractivity contribution is -0.123. The third-order valence-corrected chi connectivity index (χ3v) is 3.20. The third-order valence-electron chi connectivity index (χ3n) is 3.20. The average Bonchev–Trinajstić information content (AvgIpc) is 2.94. The molecule has 1 N–H and O–H groups in total. The molecule has 0 fully saturated rings. The van der Waals surface area contributed by atoms with Gasteiger partial charge in [0.25, 0.3) is 5.91 Å². The van der Waals surface area contributed by atoms with Crippen molar-refractivity contribution in [1.82, 2.24) is 4.98 Å². The van der Waals surface area contributed by atoms with Crippen LogP contribution in [-0.4, -0.2) is 23.4 Å². The number of H-pyrrole nitrogens is 1. The summed E-state index contributed by atoms with van der Waals surface area (Å²) in [6.45, 7) is 1.98. The van der Waals surface area contributed by atoms with Gasteiger partial charge < -0.3 is 9.72 Å². The van der Waals surface area contributed by atoms with Crippen LogP contribution in [0.5, 0.6) is 0 Å². The molecule has 86 valence electrons. The van der Waals surface area contributed by atoms with Crippen molar-refractivity contribution in [2.45, 2.75) is 18.9 Å². The number of benzene rings is 1. The van der Waals surface area contributed by atoms with Crippen LogP contribution in [0.15, 0.2) is 35.5 Å². The van der Waals surface area contributed by atoms with Crippen LogP contribution >= 0.6 is 0 Å². The lowest BCUT2D eigenvalue weighted by atomic mass is 9.94. The van der Waals surface area contributed by atoms with Crippen LogP contribution in [0.2, 0.25) is 0 Å². The molecule has 1 aromatic carbocycles. The van der Waals surface area contributed by atoms with Gasteiger partial charge >= 0.3 is 0 Å². The summed E-state index contributed by atoms with van der Waals surface area (Å²) in [5.74, 6) is -0.219. The van der Waals surface area contributed by atoms with Crippen LogP contribution < -0.4 is 0 Å². The predicted octanol–water partition coefficient (Wildman–Crippen LogP) is 2.23. The molecule has 3 rings (SSSR count). The Balaban J connectivity index is 2.01. The fraction of sp³-hybridized carbons (Fsp3) is 0.231. The maximum atomic E-state index is 11.5. The molecule has 0 spiro atoms. The maximum absolute atomic E-state index is 11.5. The van der Waals surface area contributed by atoms with Crippen LogP contribution in [0.4, 0.5) is 0 Å². The van der Waals surface area contributed by atoms with Gasteiger partial charge in [-0.3, -0.25) is 4.79 Å². The molecule has 0 bridgehead atoms. The van der Waals surface area contributed by atoms with Crippen molar-refractivity contribution >= 4 is 23.2 Å². The lowest BCUT2D eigenvalue weighted by Crippen LogP contribution is -2.23. The molecule has 2 heterocycles. The highest BCUT2D eigenvalue weighted by Crippen LogP contribution is 2.30. The highest BCUT2D eigenvalue weighted by Gasteiger charge is 2.31. The molecular formula is C13H12N2O2. The van der Waals surface area contributed by atoms with Gasteiger partial charge in [-0.15, -0.1) is 0 Å². The number of para-hydroxylation sites is 1. The van der Waals surface area contributed by atoms with E-state index in [2.05, 4.69) is 9.98 Å². The second kappa shape index (κ2) is 3.73. The summed E-state index contributed by atoms with van der Waals surface area (Å²) in [4.78, 5) is 18.3. The van der Waals surface area contributed by atoms with E-state index in [-0.39, 0.29) is 11.8 Å². The zero-order valence-electron chi connectivity index (χ0n) is 9.38. The van der Waals surface area contributed by atoms with E-state index in [1.54, 1.807) is 0 Å². The molecular weight excluding hydrogens is 216 g/mol. The second-order valence-electron chi connectivity index (χ2n) is 4.21. The number of aromatic nitrogens is 1. The Labute approximate surface area is 98.3 Å². The molecule has 1 aliphatic rings. The number of nitrogens with one attached hydrogen (secondary N) is 1. The van der Waals surface area contributed by atoms with E-state index in [1.807, 2.05) is 37.4 Å². The fourth-order valence-electron chi connectivity index (χ4n) is 2.25. The maximum Gasteiger partial charge on any atom is 0.290 e. The third kappa shape index (κ3) is 1.53. The minimum Gasteiger partial charge on any atom is -0.469 e. The molecule has 4 heteroatoms. The molecule has 1 aromatic heterocycles. The summed E-state index contributed by atoms with van der Waals surface area (Å²) >= 11 is 0. The molecule has 4 nitrogen and oxygen atoms in total. The Morgan fingerprint density at radius 1 is 1.41 bits per heavy atom. The van der Waals surface area contributed by atoms with E-state index in [4.69, 9.17) is 4.74 Å². The van der Waals surface area contributed by atoms with Crippen LogP contribution in [0.1, 0.15) is 18.4 Å². The predicted molar refractivity (Wildman–Crippen MR) is 65.1 cm³/mol. The number of amides is 1. The number of hydrogen-bond acceptors (Lipinski definition) is 2. The Morgan fingerprint density at radius 2 is 2.24 bits per heavy atom. The number of rotatable bonds is 2. The van der Waals surface area contributed by atoms with Crippen LogP contribution in [0.25, 0.3) is 10.9 Å². The van der Waals surface area contributed by atoms with E-state index in [1.165, 1.54) is 6.40 Å². The van der Waals surface area contributed by atoms with Gasteiger partial charge in [0.2, 0.25) is 0 Å². The number of hydrogen-bond donors (Lipinski definition) is 1. The monoisotopic (exact) mass is 228 g/mol. The Bertz CT molecular complexity index is 600. The highest BCUT2D eigenvalue weighted by molar-refractivity contribution is 5.93. The fourth-order valence-corrected chi connectivity index (χ4v) is 2.25. The van der Waals surface area contributed by atoms with Crippen molar-refractivity contribution < 1.29 is 9.53 Å². The van der Waals surface area contributed by atoms with Crippen molar-refractivity contribution in [2.24, 2.45) is 4.99 Å². The van der Waals surface area contributed by atoms with E-state index < -0.39 is 6.10 Å². The smallest absolute Gasteiger partial charge is 0.290 e. The molecule has 0 saturated carbocycles. The molecule has 0 saturated heterocycles. The van der Waals surface area contributed by atoms with Crippen molar-refractivity contribution in [3.05, 3.63) is 36.0 Å². The molecule has 2 aromatic rings. The van der Waals surface area contributed by atoms with Gasteiger partial charge in [-0.05, 0) is 11.6 Å². The zero-order valence-corrected chi connectivity index (χ0v) is 9.38. The molecule has 1 amide bonds. The van der Waals surface area contributed by atoms with E-state index in [9.17, 15) is 4.79 Å². The Hall–Kier alpha value is -2.10. The van der Waals surface area contributed by atoms with Crippen LogP contribution in [0.3, 0.4) is 0 Å². The number of ether oxygens (including phenoxy) is 1. The molecule has 0 aliphatic carbocycles. The Morgan fingerprint density at radius 3 is 3.00 bits per heavy atom. The van der Waals surface area contributed by atoms with Crippen molar-refractivity contribution in [1.29, 1.82) is 0 Å². The van der Waals surface area contributed by atoms with Crippen molar-refractivity contribution in [2.75, 3.05) is 0 Å². The van der Waals surface area contributed by atoms with Gasteiger partial charge in [0.05, 0.1) is 0 Å². The first kappa shape index (κ1) is 10.1. The van der Waals surface area contributed by atoms with E-state index >= 15 is 0 Å². The SMILES string of the molecule is C[C@H](c1c[nH]c2ccccc12)C1OC=NC1=O. The number of fused-ring (bicyclic) bond motifs is 1. The summed E-state index contributed by atoms with van der Waals surface area (Å²) in [5.41, 5.74) is 2.16. The van der Waals surface area contributed by atoms with Crippen molar-refractivity contribution in [3.8, 4) is 0 Å². The van der Waals surface area contributed by atoms with Gasteiger partial charge in [0.15, 0.2) is 12.5 Å². The van der Waals surface area contributed by atoms with Crippen LogP contribution in [-0.2, 0) is 9.53 Å². The van der Waals surface area contributed by atoms with Gasteiger partial charge in [-0.2, -0.15) is 4.99 Å². The summed E-state index contributed by atoms with van der Waals surface area (Å²) in [7, 11) is 0. The quantitative estimate of drug-likeness (QED) is 0.856. The molecule has 1 aliphatic heterocycles. The van der Waals surface area contributed by atoms with Gasteiger partial charge in [0.1, 0.15) is 0 Å². The van der Waals surface area contributed by atoms with Gasteiger partial charge in [0, 0.05) is 23.0 Å². The number of carbonyl (C=O) groups excluding carboxylic acids is 1. The second-order valence-corrected chi connectivity index (χ2v) is 4.21. The first-order valence-corrected chi connectivity index (χ1v) is 5.55. The normalized spacial score (nSPS) is 20.8. The lowest BCUT2D eigenvalue weighted by Gasteiger charge is -2.15. The topological polar surface area (TPSA) is 54.4 Å². The summed E-state index contributed by atoms with van der Waals surface area (Å²) in [6.07, 6.45) is 2.68. The summed E-state index contributed by atoms with van der Waals surface area (Å²) in [5, 5.41) is 1.13. The number of aliphatic imine (C=N–C) groups is 1. The van der Waals surface area contributed by atoms with Crippen LogP contribution in [0, 0.1) is 0 Å². The van der Waals surface area contributed by atoms with Gasteiger partial charge in [-0.1, -0.05) is 25.1 Å². The van der Waals surface area contributed by atoms with E-state index in [0.717, 1.165) is 16.5 Å². The minimum absolute atomic E-state index is 0.0128. The highest BCUT2D eigenvalue weighted by atomic mass is 16.5. The minimum atomic E-state index is -0.491.